The Kier molecular flexibility index (Phi) is 5.42. The minimum absolute atomic E-state index is 0.159. The first-order chi connectivity index (χ1) is 15.4. The number of allylic oxidation sites excluding steroid dienone is 3. The van der Waals surface area contributed by atoms with E-state index in [0.717, 1.165) is 43.4 Å². The van der Waals surface area contributed by atoms with E-state index >= 15 is 0 Å². The van der Waals surface area contributed by atoms with Gasteiger partial charge in [-0.25, -0.2) is 0 Å². The summed E-state index contributed by atoms with van der Waals surface area (Å²) < 4.78 is 12.1. The van der Waals surface area contributed by atoms with Crippen molar-refractivity contribution in [1.82, 2.24) is 0 Å². The summed E-state index contributed by atoms with van der Waals surface area (Å²) in [7, 11) is 1.68. The SMILES string of the molecule is C=CC[C@]1(O)CCC2C3CCC4=CC(=O)CCC4=C3C(c3ccc(OC)cc3)OCC21C. The second-order valence-electron chi connectivity index (χ2n) is 10.3. The fraction of sp³-hybridized carbons (Fsp3) is 0.536. The highest BCUT2D eigenvalue weighted by Gasteiger charge is 2.60. The first kappa shape index (κ1) is 21.7. The molecule has 0 bridgehead atoms. The van der Waals surface area contributed by atoms with E-state index < -0.39 is 5.60 Å². The molecular weight excluding hydrogens is 400 g/mol. The molecular formula is C28H34O4. The van der Waals surface area contributed by atoms with Crippen LogP contribution in [0.15, 0.2) is 59.7 Å². The molecule has 0 aromatic heterocycles. The Bertz CT molecular complexity index is 987. The lowest BCUT2D eigenvalue weighted by atomic mass is 9.61. The number of rotatable bonds is 4. The van der Waals surface area contributed by atoms with Crippen molar-refractivity contribution in [1.29, 1.82) is 0 Å². The molecule has 4 heteroatoms. The van der Waals surface area contributed by atoms with Crippen LogP contribution in [0.1, 0.15) is 63.5 Å². The molecule has 5 atom stereocenters. The van der Waals surface area contributed by atoms with Gasteiger partial charge in [-0.3, -0.25) is 4.79 Å². The van der Waals surface area contributed by atoms with Gasteiger partial charge in [0.05, 0.1) is 19.3 Å². The van der Waals surface area contributed by atoms with Crippen molar-refractivity contribution >= 4 is 5.78 Å². The number of hydrogen-bond acceptors (Lipinski definition) is 4. The van der Waals surface area contributed by atoms with Gasteiger partial charge in [0, 0.05) is 11.8 Å². The molecule has 1 aliphatic heterocycles. The maximum atomic E-state index is 12.2. The van der Waals surface area contributed by atoms with E-state index in [4.69, 9.17) is 9.47 Å². The van der Waals surface area contributed by atoms with E-state index in [-0.39, 0.29) is 17.3 Å². The molecule has 3 aliphatic carbocycles. The van der Waals surface area contributed by atoms with Crippen LogP contribution in [0.2, 0.25) is 0 Å². The monoisotopic (exact) mass is 434 g/mol. The molecule has 170 valence electrons. The number of methoxy groups -OCH3 is 1. The number of carbonyl (C=O) groups is 1. The largest absolute Gasteiger partial charge is 0.497 e. The molecule has 1 saturated carbocycles. The van der Waals surface area contributed by atoms with Gasteiger partial charge in [-0.15, -0.1) is 6.58 Å². The predicted molar refractivity (Wildman–Crippen MR) is 124 cm³/mol. The summed E-state index contributed by atoms with van der Waals surface area (Å²) >= 11 is 0. The molecule has 1 aromatic rings. The van der Waals surface area contributed by atoms with E-state index in [1.165, 1.54) is 16.7 Å². The Balaban J connectivity index is 1.65. The van der Waals surface area contributed by atoms with Gasteiger partial charge in [0.15, 0.2) is 5.78 Å². The zero-order valence-corrected chi connectivity index (χ0v) is 19.2. The molecule has 1 saturated heterocycles. The van der Waals surface area contributed by atoms with Crippen molar-refractivity contribution in [3.8, 4) is 5.75 Å². The van der Waals surface area contributed by atoms with E-state index in [1.54, 1.807) is 7.11 Å². The third kappa shape index (κ3) is 3.22. The number of hydrogen-bond donors (Lipinski definition) is 1. The Labute approximate surface area is 191 Å². The van der Waals surface area contributed by atoms with Crippen LogP contribution in [0, 0.1) is 17.3 Å². The van der Waals surface area contributed by atoms with Gasteiger partial charge in [-0.1, -0.05) is 25.1 Å². The lowest BCUT2D eigenvalue weighted by Crippen LogP contribution is -2.48. The highest BCUT2D eigenvalue weighted by molar-refractivity contribution is 5.93. The van der Waals surface area contributed by atoms with Crippen LogP contribution < -0.4 is 4.74 Å². The Morgan fingerprint density at radius 1 is 1.22 bits per heavy atom. The van der Waals surface area contributed by atoms with Crippen molar-refractivity contribution in [2.75, 3.05) is 13.7 Å². The second kappa shape index (κ2) is 8.00. The number of ketones is 1. The highest BCUT2D eigenvalue weighted by Crippen LogP contribution is 2.62. The second-order valence-corrected chi connectivity index (χ2v) is 10.3. The van der Waals surface area contributed by atoms with Gasteiger partial charge in [0.25, 0.3) is 0 Å². The number of carbonyl (C=O) groups excluding carboxylic acids is 1. The molecule has 1 N–H and O–H groups in total. The molecule has 32 heavy (non-hydrogen) atoms. The first-order valence-corrected chi connectivity index (χ1v) is 12.0. The van der Waals surface area contributed by atoms with Crippen molar-refractivity contribution in [3.63, 3.8) is 0 Å². The molecule has 0 radical (unpaired) electrons. The zero-order chi connectivity index (χ0) is 22.5. The normalized spacial score (nSPS) is 36.5. The fourth-order valence-corrected chi connectivity index (χ4v) is 6.98. The van der Waals surface area contributed by atoms with Gasteiger partial charge in [0.2, 0.25) is 0 Å². The lowest BCUT2D eigenvalue weighted by molar-refractivity contribution is -0.114. The smallest absolute Gasteiger partial charge is 0.156 e. The maximum absolute atomic E-state index is 12.2. The number of benzene rings is 1. The average Bonchev–Trinajstić information content (AvgIpc) is 2.96. The highest BCUT2D eigenvalue weighted by atomic mass is 16.5. The Morgan fingerprint density at radius 3 is 2.72 bits per heavy atom. The minimum Gasteiger partial charge on any atom is -0.497 e. The van der Waals surface area contributed by atoms with E-state index in [2.05, 4.69) is 25.6 Å². The number of fused-ring (bicyclic) bond motifs is 4. The third-order valence-corrected chi connectivity index (χ3v) is 8.79. The number of aliphatic hydroxyl groups is 1. The van der Waals surface area contributed by atoms with Gasteiger partial charge in [-0.05, 0) is 90.9 Å². The summed E-state index contributed by atoms with van der Waals surface area (Å²) in [6.45, 7) is 6.66. The standard InChI is InChI=1S/C28H34O4/c1-4-14-28(30)15-13-24-23-11-7-19-16-20(29)8-12-22(19)25(23)26(32-17-27(24,28)2)18-5-9-21(31-3)10-6-18/h4-6,9-10,16,23-24,26,30H,1,7-8,11-15,17H2,2-3H3/t23?,24?,26?,27?,28-/m0/s1. The lowest BCUT2D eigenvalue weighted by Gasteiger charge is -2.44. The van der Waals surface area contributed by atoms with Gasteiger partial charge in [-0.2, -0.15) is 0 Å². The predicted octanol–water partition coefficient (Wildman–Crippen LogP) is 5.49. The summed E-state index contributed by atoms with van der Waals surface area (Å²) in [4.78, 5) is 12.2. The Morgan fingerprint density at radius 2 is 2.00 bits per heavy atom. The van der Waals surface area contributed by atoms with Crippen molar-refractivity contribution in [2.45, 2.75) is 63.6 Å². The third-order valence-electron chi connectivity index (χ3n) is 8.79. The fourth-order valence-electron chi connectivity index (χ4n) is 6.98. The molecule has 4 unspecified atom stereocenters. The summed E-state index contributed by atoms with van der Waals surface area (Å²) in [5.74, 6) is 1.78. The van der Waals surface area contributed by atoms with Crippen LogP contribution in [0.5, 0.6) is 5.75 Å². The number of ether oxygens (including phenoxy) is 2. The molecule has 5 rings (SSSR count). The van der Waals surface area contributed by atoms with Crippen molar-refractivity contribution in [3.05, 3.63) is 65.3 Å². The molecule has 1 heterocycles. The van der Waals surface area contributed by atoms with Crippen LogP contribution in [-0.4, -0.2) is 30.2 Å². The van der Waals surface area contributed by atoms with Crippen LogP contribution >= 0.6 is 0 Å². The minimum atomic E-state index is -0.789. The topological polar surface area (TPSA) is 55.8 Å². The van der Waals surface area contributed by atoms with Crippen molar-refractivity contribution in [2.24, 2.45) is 17.3 Å². The van der Waals surface area contributed by atoms with E-state index in [1.807, 2.05) is 24.3 Å². The van der Waals surface area contributed by atoms with Gasteiger partial charge in [0.1, 0.15) is 11.9 Å². The maximum Gasteiger partial charge on any atom is 0.156 e. The first-order valence-electron chi connectivity index (χ1n) is 12.0. The molecule has 4 aliphatic rings. The Hall–Kier alpha value is -2.17. The van der Waals surface area contributed by atoms with Gasteiger partial charge >= 0.3 is 0 Å². The molecule has 0 amide bonds. The van der Waals surface area contributed by atoms with Crippen molar-refractivity contribution < 1.29 is 19.4 Å². The average molecular weight is 435 g/mol. The van der Waals surface area contributed by atoms with Crippen LogP contribution in [-0.2, 0) is 9.53 Å². The van der Waals surface area contributed by atoms with Crippen LogP contribution in [0.4, 0.5) is 0 Å². The van der Waals surface area contributed by atoms with Crippen LogP contribution in [0.25, 0.3) is 0 Å². The van der Waals surface area contributed by atoms with E-state index in [9.17, 15) is 9.90 Å². The summed E-state index contributed by atoms with van der Waals surface area (Å²) in [5.41, 5.74) is 3.90. The quantitative estimate of drug-likeness (QED) is 0.637. The van der Waals surface area contributed by atoms with E-state index in [0.29, 0.717) is 31.3 Å². The molecule has 0 spiro atoms. The molecule has 4 nitrogen and oxygen atoms in total. The summed E-state index contributed by atoms with van der Waals surface area (Å²) in [6.07, 6.45) is 9.28. The molecule has 2 fully saturated rings. The molecule has 1 aromatic carbocycles. The summed E-state index contributed by atoms with van der Waals surface area (Å²) in [6, 6.07) is 8.17. The van der Waals surface area contributed by atoms with Crippen LogP contribution in [0.3, 0.4) is 0 Å². The van der Waals surface area contributed by atoms with Gasteiger partial charge < -0.3 is 14.6 Å². The summed E-state index contributed by atoms with van der Waals surface area (Å²) in [5, 5.41) is 11.7. The zero-order valence-electron chi connectivity index (χ0n) is 19.2.